The van der Waals surface area contributed by atoms with Gasteiger partial charge in [0, 0.05) is 12.8 Å². The molecule has 62 heavy (non-hydrogen) atoms. The molecule has 0 aromatic heterocycles. The summed E-state index contributed by atoms with van der Waals surface area (Å²) in [6.45, 7) is 11.6. The average Bonchev–Trinajstić information content (AvgIpc) is 3.26. The van der Waals surface area contributed by atoms with Gasteiger partial charge in [-0.15, -0.1) is 0 Å². The van der Waals surface area contributed by atoms with Gasteiger partial charge in [-0.1, -0.05) is 156 Å². The quantitative estimate of drug-likeness (QED) is 0.0359. The second-order valence-corrected chi connectivity index (χ2v) is 18.3. The Kier molecular flexibility index (Phi) is 43.8. The van der Waals surface area contributed by atoms with Crippen molar-refractivity contribution in [2.24, 2.45) is 11.8 Å². The zero-order valence-corrected chi connectivity index (χ0v) is 41.5. The van der Waals surface area contributed by atoms with Crippen LogP contribution in [0, 0.1) is 11.8 Å². The summed E-state index contributed by atoms with van der Waals surface area (Å²) in [6, 6.07) is -0.290. The summed E-state index contributed by atoms with van der Waals surface area (Å²) >= 11 is 0. The number of esters is 4. The molecule has 0 saturated carbocycles. The van der Waals surface area contributed by atoms with Crippen molar-refractivity contribution in [2.75, 3.05) is 53.6 Å². The molecule has 0 aromatic carbocycles. The highest BCUT2D eigenvalue weighted by molar-refractivity contribution is 5.73. The van der Waals surface area contributed by atoms with Crippen LogP contribution in [0.1, 0.15) is 240 Å². The third-order valence-corrected chi connectivity index (χ3v) is 11.9. The fourth-order valence-corrected chi connectivity index (χ4v) is 7.81. The van der Waals surface area contributed by atoms with E-state index in [1.54, 1.807) is 0 Å². The smallest absolute Gasteiger partial charge is 0.308 e. The molecule has 0 heterocycles. The minimum Gasteiger partial charge on any atom is -0.465 e. The van der Waals surface area contributed by atoms with E-state index < -0.39 is 0 Å². The van der Waals surface area contributed by atoms with Crippen LogP contribution in [0.2, 0.25) is 0 Å². The summed E-state index contributed by atoms with van der Waals surface area (Å²) in [5.74, 6) is -0.639. The van der Waals surface area contributed by atoms with Gasteiger partial charge in [0.05, 0.1) is 31.1 Å². The minimum absolute atomic E-state index is 0.00193. The highest BCUT2D eigenvalue weighted by atomic mass is 16.6. The van der Waals surface area contributed by atoms with Crippen molar-refractivity contribution in [3.05, 3.63) is 0 Å². The van der Waals surface area contributed by atoms with Crippen molar-refractivity contribution in [3.63, 3.8) is 0 Å². The van der Waals surface area contributed by atoms with Crippen molar-refractivity contribution < 1.29 is 38.1 Å². The molecule has 0 saturated heterocycles. The van der Waals surface area contributed by atoms with Gasteiger partial charge in [0.25, 0.3) is 0 Å². The van der Waals surface area contributed by atoms with Gasteiger partial charge >= 0.3 is 23.9 Å². The topological polar surface area (TPSA) is 120 Å². The van der Waals surface area contributed by atoms with Crippen LogP contribution in [0.3, 0.4) is 0 Å². The van der Waals surface area contributed by atoms with Crippen LogP contribution < -0.4 is 5.32 Å². The Morgan fingerprint density at radius 2 is 0.758 bits per heavy atom. The van der Waals surface area contributed by atoms with Gasteiger partial charge in [-0.05, 0) is 97.8 Å². The van der Waals surface area contributed by atoms with E-state index >= 15 is 0 Å². The Labute approximate surface area is 382 Å². The van der Waals surface area contributed by atoms with E-state index in [9.17, 15) is 19.2 Å². The highest BCUT2D eigenvalue weighted by Crippen LogP contribution is 2.22. The molecule has 10 nitrogen and oxygen atoms in total. The Morgan fingerprint density at radius 1 is 0.419 bits per heavy atom. The molecule has 10 heteroatoms. The van der Waals surface area contributed by atoms with Crippen molar-refractivity contribution in [2.45, 2.75) is 246 Å². The third kappa shape index (κ3) is 39.4. The van der Waals surface area contributed by atoms with Crippen LogP contribution in [0.25, 0.3) is 0 Å². The number of hydrogen-bond donors (Lipinski definition) is 1. The maximum atomic E-state index is 13.0. The predicted octanol–water partition coefficient (Wildman–Crippen LogP) is 12.9. The summed E-state index contributed by atoms with van der Waals surface area (Å²) in [5.41, 5.74) is 0. The number of nitrogens with one attached hydrogen (secondary N) is 1. The molecule has 0 fully saturated rings. The van der Waals surface area contributed by atoms with Crippen LogP contribution >= 0.6 is 0 Å². The molecule has 0 aromatic rings. The van der Waals surface area contributed by atoms with Crippen molar-refractivity contribution >= 4 is 23.9 Å². The lowest BCUT2D eigenvalue weighted by Gasteiger charge is -2.19. The summed E-state index contributed by atoms with van der Waals surface area (Å²) in [5, 5.41) is 3.40. The molecule has 2 unspecified atom stereocenters. The fraction of sp³-hybridized carbons (Fsp3) is 0.923. The Morgan fingerprint density at radius 3 is 1.13 bits per heavy atom. The molecule has 0 aliphatic heterocycles. The van der Waals surface area contributed by atoms with Gasteiger partial charge < -0.3 is 29.2 Å². The SMILES string of the molecule is CCCCCCCCC(CCCCCC)C(=O)OCCCCCC(=O)OCC(COC(=O)CCCCCOC(=O)C(CCCCCC)CCCCCCCC)NCCCN(C)C. The van der Waals surface area contributed by atoms with E-state index in [-0.39, 0.29) is 55.0 Å². The molecule has 0 amide bonds. The molecular formula is C52H100N2O8. The standard InChI is InChI=1S/C52H100N2O8/c1-7-11-15-19-21-27-36-46(34-25-17-13-9-3)51(57)59-42-31-23-29-38-49(55)61-44-48(53-40-33-41-54(5)6)45-62-50(56)39-30-24-32-43-60-52(58)47(35-26-18-14-10-4)37-28-22-20-16-12-8-2/h46-48,53H,7-45H2,1-6H3. The normalized spacial score (nSPS) is 12.9. The molecule has 0 spiro atoms. The molecule has 366 valence electrons. The van der Waals surface area contributed by atoms with Crippen molar-refractivity contribution in [3.8, 4) is 0 Å². The number of nitrogens with zero attached hydrogens (tertiary/aromatic N) is 1. The highest BCUT2D eigenvalue weighted by Gasteiger charge is 2.21. The summed E-state index contributed by atoms with van der Waals surface area (Å²) in [7, 11) is 4.06. The number of carbonyl (C=O) groups is 4. The maximum absolute atomic E-state index is 13.0. The van der Waals surface area contributed by atoms with Crippen LogP contribution in [0.4, 0.5) is 0 Å². The predicted molar refractivity (Wildman–Crippen MR) is 256 cm³/mol. The summed E-state index contributed by atoms with van der Waals surface area (Å²) in [4.78, 5) is 53.3. The number of carbonyl (C=O) groups excluding carboxylic acids is 4. The first kappa shape index (κ1) is 59.8. The number of hydrogen-bond acceptors (Lipinski definition) is 10. The van der Waals surface area contributed by atoms with Gasteiger partial charge in [0.2, 0.25) is 0 Å². The van der Waals surface area contributed by atoms with Crippen LogP contribution in [-0.2, 0) is 38.1 Å². The van der Waals surface area contributed by atoms with E-state index in [1.807, 2.05) is 14.1 Å². The first-order valence-electron chi connectivity index (χ1n) is 26.2. The second kappa shape index (κ2) is 45.4. The van der Waals surface area contributed by atoms with E-state index in [0.717, 1.165) is 90.0 Å². The lowest BCUT2D eigenvalue weighted by Crippen LogP contribution is -2.40. The zero-order chi connectivity index (χ0) is 45.7. The zero-order valence-electron chi connectivity index (χ0n) is 41.5. The lowest BCUT2D eigenvalue weighted by atomic mass is 9.94. The second-order valence-electron chi connectivity index (χ2n) is 18.3. The number of rotatable bonds is 47. The van der Waals surface area contributed by atoms with Crippen molar-refractivity contribution in [1.82, 2.24) is 10.2 Å². The third-order valence-electron chi connectivity index (χ3n) is 11.9. The average molecular weight is 881 g/mol. The van der Waals surface area contributed by atoms with E-state index in [2.05, 4.69) is 37.9 Å². The van der Waals surface area contributed by atoms with E-state index in [4.69, 9.17) is 18.9 Å². The maximum Gasteiger partial charge on any atom is 0.308 e. The molecule has 2 atom stereocenters. The molecule has 0 rings (SSSR count). The van der Waals surface area contributed by atoms with E-state index in [0.29, 0.717) is 45.4 Å². The fourth-order valence-electron chi connectivity index (χ4n) is 7.81. The largest absolute Gasteiger partial charge is 0.465 e. The molecular weight excluding hydrogens is 781 g/mol. The Balaban J connectivity index is 4.56. The minimum atomic E-state index is -0.290. The molecule has 0 aliphatic rings. The first-order chi connectivity index (χ1) is 30.2. The molecule has 0 bridgehead atoms. The molecule has 0 radical (unpaired) electrons. The summed E-state index contributed by atoms with van der Waals surface area (Å²) in [6.07, 6.45) is 33.6. The molecule has 1 N–H and O–H groups in total. The van der Waals surface area contributed by atoms with Crippen LogP contribution in [0.15, 0.2) is 0 Å². The van der Waals surface area contributed by atoms with Crippen molar-refractivity contribution in [1.29, 1.82) is 0 Å². The monoisotopic (exact) mass is 881 g/mol. The van der Waals surface area contributed by atoms with Gasteiger partial charge in [-0.25, -0.2) is 0 Å². The van der Waals surface area contributed by atoms with Gasteiger partial charge in [-0.3, -0.25) is 19.2 Å². The first-order valence-corrected chi connectivity index (χ1v) is 26.2. The summed E-state index contributed by atoms with van der Waals surface area (Å²) < 4.78 is 22.7. The number of ether oxygens (including phenoxy) is 4. The molecule has 0 aliphatic carbocycles. The Bertz CT molecular complexity index is 968. The van der Waals surface area contributed by atoms with Gasteiger partial charge in [0.1, 0.15) is 13.2 Å². The Hall–Kier alpha value is -2.20. The van der Waals surface area contributed by atoms with Gasteiger partial charge in [-0.2, -0.15) is 0 Å². The number of unbranched alkanes of at least 4 members (excludes halogenated alkanes) is 20. The van der Waals surface area contributed by atoms with Crippen LogP contribution in [0.5, 0.6) is 0 Å². The van der Waals surface area contributed by atoms with Crippen LogP contribution in [-0.4, -0.2) is 88.4 Å². The lowest BCUT2D eigenvalue weighted by molar-refractivity contribution is -0.150. The van der Waals surface area contributed by atoms with E-state index in [1.165, 1.54) is 103 Å². The van der Waals surface area contributed by atoms with Gasteiger partial charge in [0.15, 0.2) is 0 Å².